The van der Waals surface area contributed by atoms with E-state index in [1.54, 1.807) is 40.1 Å². The maximum absolute atomic E-state index is 13.5. The summed E-state index contributed by atoms with van der Waals surface area (Å²) in [6, 6.07) is 1.81. The smallest absolute Gasteiger partial charge is 0.407 e. The van der Waals surface area contributed by atoms with Gasteiger partial charge in [-0.3, -0.25) is 10.1 Å². The maximum atomic E-state index is 13.5. The number of methoxy groups -OCH3 is 1. The summed E-state index contributed by atoms with van der Waals surface area (Å²) in [5.74, 6) is 1.40. The van der Waals surface area contributed by atoms with Crippen molar-refractivity contribution in [3.63, 3.8) is 0 Å². The van der Waals surface area contributed by atoms with Gasteiger partial charge in [-0.1, -0.05) is 0 Å². The minimum absolute atomic E-state index is 0.0369. The van der Waals surface area contributed by atoms with Crippen molar-refractivity contribution < 1.29 is 24.5 Å². The minimum atomic E-state index is -0.714. The molecule has 0 aromatic carbocycles. The molecule has 0 saturated heterocycles. The molecular weight excluding hydrogens is 452 g/mol. The van der Waals surface area contributed by atoms with E-state index >= 15 is 0 Å². The predicted octanol–water partition coefficient (Wildman–Crippen LogP) is 2.84. The first-order valence-corrected chi connectivity index (χ1v) is 12.0. The third kappa shape index (κ3) is 4.45. The van der Waals surface area contributed by atoms with Crippen LogP contribution in [0.25, 0.3) is 12.0 Å². The van der Waals surface area contributed by atoms with Crippen LogP contribution in [0.3, 0.4) is 0 Å². The van der Waals surface area contributed by atoms with Crippen molar-refractivity contribution in [2.24, 2.45) is 17.8 Å². The summed E-state index contributed by atoms with van der Waals surface area (Å²) in [5, 5.41) is 24.3. The standard InChI is InChI=1S/C24H32N6O5/c1-23(2,28-22(32)34-3)5-8-30-21(29-7-4-6-25-29)18(14-26-30)20(31)27-19-16-9-15-10-17(19)13-24(11-15,12-16)35-33/h4-8,14-17,19,33H,9-13H2,1-3H3,(H,27,31)(H,28,32). The maximum Gasteiger partial charge on any atom is 0.407 e. The van der Waals surface area contributed by atoms with E-state index < -0.39 is 17.2 Å². The molecule has 4 aliphatic rings. The number of carbonyl (C=O) groups excluding carboxylic acids is 2. The topological polar surface area (TPSA) is 133 Å². The number of nitrogens with one attached hydrogen (secondary N) is 2. The quantitative estimate of drug-likeness (QED) is 0.407. The van der Waals surface area contributed by atoms with Crippen LogP contribution < -0.4 is 10.6 Å². The summed E-state index contributed by atoms with van der Waals surface area (Å²) in [6.45, 7) is 3.64. The lowest BCUT2D eigenvalue weighted by Crippen LogP contribution is -2.62. The van der Waals surface area contributed by atoms with Crippen LogP contribution in [0.2, 0.25) is 0 Å². The number of amides is 2. The van der Waals surface area contributed by atoms with Gasteiger partial charge in [-0.2, -0.15) is 10.2 Å². The second kappa shape index (κ2) is 8.80. The summed E-state index contributed by atoms with van der Waals surface area (Å²) >= 11 is 0. The minimum Gasteiger partial charge on any atom is -0.453 e. The van der Waals surface area contributed by atoms with Crippen molar-refractivity contribution in [2.45, 2.75) is 63.1 Å². The molecule has 4 fully saturated rings. The average molecular weight is 485 g/mol. The fourth-order valence-corrected chi connectivity index (χ4v) is 6.39. The predicted molar refractivity (Wildman–Crippen MR) is 126 cm³/mol. The lowest BCUT2D eigenvalue weighted by molar-refractivity contribution is -0.357. The molecule has 6 rings (SSSR count). The second-order valence-corrected chi connectivity index (χ2v) is 10.7. The third-order valence-corrected chi connectivity index (χ3v) is 7.69. The van der Waals surface area contributed by atoms with Gasteiger partial charge in [0.25, 0.3) is 5.91 Å². The van der Waals surface area contributed by atoms with Crippen molar-refractivity contribution in [1.29, 1.82) is 0 Å². The molecule has 0 spiro atoms. The Kier molecular flexibility index (Phi) is 5.92. The molecule has 2 aromatic heterocycles. The summed E-state index contributed by atoms with van der Waals surface area (Å²) in [7, 11) is 1.31. The molecule has 4 bridgehead atoms. The van der Waals surface area contributed by atoms with E-state index in [1.807, 2.05) is 13.8 Å². The molecule has 3 N–H and O–H groups in total. The molecule has 0 aliphatic heterocycles. The second-order valence-electron chi connectivity index (χ2n) is 10.7. The van der Waals surface area contributed by atoms with Gasteiger partial charge >= 0.3 is 6.09 Å². The molecule has 2 amide bonds. The number of hydrogen-bond donors (Lipinski definition) is 3. The number of ether oxygens (including phenoxy) is 1. The lowest BCUT2D eigenvalue weighted by Gasteiger charge is -2.58. The number of carbonyl (C=O) groups is 2. The lowest BCUT2D eigenvalue weighted by atomic mass is 9.52. The molecule has 4 aliphatic carbocycles. The summed E-state index contributed by atoms with van der Waals surface area (Å²) in [6.07, 6.45) is 12.3. The zero-order chi connectivity index (χ0) is 24.8. The Morgan fingerprint density at radius 1 is 1.23 bits per heavy atom. The van der Waals surface area contributed by atoms with E-state index in [-0.39, 0.29) is 23.8 Å². The Bertz CT molecular complexity index is 1110. The monoisotopic (exact) mass is 484 g/mol. The first kappa shape index (κ1) is 23.6. The van der Waals surface area contributed by atoms with Crippen molar-refractivity contribution in [2.75, 3.05) is 7.11 Å². The van der Waals surface area contributed by atoms with Crippen molar-refractivity contribution in [3.8, 4) is 5.82 Å². The van der Waals surface area contributed by atoms with Gasteiger partial charge in [0.05, 0.1) is 18.8 Å². The van der Waals surface area contributed by atoms with Gasteiger partial charge in [-0.25, -0.2) is 19.0 Å². The van der Waals surface area contributed by atoms with Crippen LogP contribution in [-0.2, 0) is 9.62 Å². The zero-order valence-corrected chi connectivity index (χ0v) is 20.2. The van der Waals surface area contributed by atoms with Crippen LogP contribution in [0.4, 0.5) is 4.79 Å². The Morgan fingerprint density at radius 2 is 1.97 bits per heavy atom. The van der Waals surface area contributed by atoms with Gasteiger partial charge in [0.2, 0.25) is 0 Å². The Morgan fingerprint density at radius 3 is 2.60 bits per heavy atom. The summed E-state index contributed by atoms with van der Waals surface area (Å²) in [5.41, 5.74) is -0.758. The third-order valence-electron chi connectivity index (χ3n) is 7.69. The van der Waals surface area contributed by atoms with Crippen LogP contribution in [0.5, 0.6) is 0 Å². The summed E-state index contributed by atoms with van der Waals surface area (Å²) in [4.78, 5) is 30.1. The molecule has 188 valence electrons. The van der Waals surface area contributed by atoms with Gasteiger partial charge < -0.3 is 15.4 Å². The molecule has 4 saturated carbocycles. The van der Waals surface area contributed by atoms with Crippen molar-refractivity contribution >= 4 is 18.2 Å². The zero-order valence-electron chi connectivity index (χ0n) is 20.2. The van der Waals surface area contributed by atoms with Crippen molar-refractivity contribution in [1.82, 2.24) is 30.2 Å². The average Bonchev–Trinajstić information content (AvgIpc) is 3.49. The fourth-order valence-electron chi connectivity index (χ4n) is 6.39. The van der Waals surface area contributed by atoms with Gasteiger partial charge in [0, 0.05) is 24.6 Å². The van der Waals surface area contributed by atoms with E-state index in [9.17, 15) is 14.8 Å². The molecule has 2 unspecified atom stereocenters. The van der Waals surface area contributed by atoms with Gasteiger partial charge in [-0.05, 0) is 75.8 Å². The molecule has 11 nitrogen and oxygen atoms in total. The normalized spacial score (nSPS) is 29.5. The van der Waals surface area contributed by atoms with Crippen molar-refractivity contribution in [3.05, 3.63) is 36.3 Å². The largest absolute Gasteiger partial charge is 0.453 e. The van der Waals surface area contributed by atoms with Crippen LogP contribution in [0.15, 0.2) is 30.7 Å². The molecule has 0 radical (unpaired) electrons. The number of alkyl carbamates (subject to hydrolysis) is 1. The molecule has 2 aromatic rings. The molecule has 2 atom stereocenters. The number of rotatable bonds is 7. The highest BCUT2D eigenvalue weighted by molar-refractivity contribution is 5.97. The van der Waals surface area contributed by atoms with E-state index in [0.29, 0.717) is 17.3 Å². The van der Waals surface area contributed by atoms with Crippen LogP contribution in [0.1, 0.15) is 56.3 Å². The first-order chi connectivity index (χ1) is 16.7. The highest BCUT2D eigenvalue weighted by atomic mass is 17.1. The van der Waals surface area contributed by atoms with E-state index in [1.165, 1.54) is 13.3 Å². The van der Waals surface area contributed by atoms with Crippen LogP contribution >= 0.6 is 0 Å². The summed E-state index contributed by atoms with van der Waals surface area (Å²) < 4.78 is 7.85. The Balaban J connectivity index is 1.39. The number of aromatic nitrogens is 4. The van der Waals surface area contributed by atoms with Crippen LogP contribution in [-0.4, -0.2) is 61.1 Å². The van der Waals surface area contributed by atoms with E-state index in [4.69, 9.17) is 4.89 Å². The van der Waals surface area contributed by atoms with E-state index in [0.717, 1.165) is 32.1 Å². The Hall–Kier alpha value is -3.18. The van der Waals surface area contributed by atoms with Crippen LogP contribution in [0, 0.1) is 17.8 Å². The highest BCUT2D eigenvalue weighted by Gasteiger charge is 2.57. The number of nitrogens with zero attached hydrogens (tertiary/aromatic N) is 4. The SMILES string of the molecule is COC(=O)NC(C)(C)C=Cn1ncc(C(=O)NC2C3CC4CC2CC(OO)(C4)C3)c1-n1cccn1. The van der Waals surface area contributed by atoms with Gasteiger partial charge in [0.15, 0.2) is 5.82 Å². The molecule has 11 heteroatoms. The molecule has 2 heterocycles. The Labute approximate surface area is 203 Å². The van der Waals surface area contributed by atoms with Gasteiger partial charge in [-0.15, -0.1) is 0 Å². The first-order valence-electron chi connectivity index (χ1n) is 12.0. The highest BCUT2D eigenvalue weighted by Crippen LogP contribution is 2.57. The fraction of sp³-hybridized carbons (Fsp3) is 0.583. The molecular formula is C24H32N6O5. The van der Waals surface area contributed by atoms with Gasteiger partial charge in [0.1, 0.15) is 11.2 Å². The van der Waals surface area contributed by atoms with E-state index in [2.05, 4.69) is 25.6 Å². The number of hydrogen-bond acceptors (Lipinski definition) is 7. The molecule has 35 heavy (non-hydrogen) atoms.